The van der Waals surface area contributed by atoms with Crippen LogP contribution >= 0.6 is 7.75 Å². The van der Waals surface area contributed by atoms with Gasteiger partial charge in [-0.25, -0.2) is 14.2 Å². The summed E-state index contributed by atoms with van der Waals surface area (Å²) in [7, 11) is -4.47. The Hall–Kier alpha value is -4.02. The summed E-state index contributed by atoms with van der Waals surface area (Å²) in [4.78, 5) is 53.5. The van der Waals surface area contributed by atoms with E-state index in [4.69, 9.17) is 37.9 Å². The number of hydrogen-bond acceptors (Lipinski definition) is 15. The van der Waals surface area contributed by atoms with Crippen LogP contribution in [0.1, 0.15) is 59.8 Å². The Bertz CT molecular complexity index is 1570. The molecule has 3 heterocycles. The minimum Gasteiger partial charge on any atom is -0.463 e. The van der Waals surface area contributed by atoms with E-state index in [2.05, 4.69) is 10.1 Å². The lowest BCUT2D eigenvalue weighted by Crippen LogP contribution is -2.44. The highest BCUT2D eigenvalue weighted by Crippen LogP contribution is 2.50. The van der Waals surface area contributed by atoms with Crippen LogP contribution in [0.25, 0.3) is 0 Å². The minimum absolute atomic E-state index is 0.0146. The second kappa shape index (κ2) is 14.8. The van der Waals surface area contributed by atoms with Gasteiger partial charge in [0.2, 0.25) is 0 Å². The molecule has 2 fully saturated rings. The number of ether oxygens (including phenoxy) is 5. The van der Waals surface area contributed by atoms with Gasteiger partial charge < -0.3 is 28.2 Å². The summed E-state index contributed by atoms with van der Waals surface area (Å²) in [5, 5.41) is 11.7. The van der Waals surface area contributed by atoms with Gasteiger partial charge in [-0.15, -0.1) is 0 Å². The second-order valence-electron chi connectivity index (χ2n) is 11.6. The van der Waals surface area contributed by atoms with Gasteiger partial charge in [0.1, 0.15) is 17.9 Å². The van der Waals surface area contributed by atoms with Crippen LogP contribution < -0.4 is 20.8 Å². The van der Waals surface area contributed by atoms with Gasteiger partial charge in [-0.2, -0.15) is 10.1 Å². The van der Waals surface area contributed by atoms with Crippen LogP contribution in [-0.2, 0) is 48.8 Å². The van der Waals surface area contributed by atoms with Gasteiger partial charge in [-0.05, 0) is 65.7 Å². The van der Waals surface area contributed by atoms with Gasteiger partial charge in [0, 0.05) is 12.6 Å². The van der Waals surface area contributed by atoms with Gasteiger partial charge in [-0.3, -0.25) is 29.4 Å². The third-order valence-electron chi connectivity index (χ3n) is 7.04. The average Bonchev–Trinajstić information content (AvgIpc) is 3.43. The monoisotopic (exact) mass is 682 g/mol. The number of carbonyl (C=O) groups is 3. The lowest BCUT2D eigenvalue weighted by atomic mass is 9.96. The largest absolute Gasteiger partial charge is 0.509 e. The molecule has 6 atom stereocenters. The van der Waals surface area contributed by atoms with Crippen molar-refractivity contribution >= 4 is 31.7 Å². The highest BCUT2D eigenvalue weighted by Gasteiger charge is 2.64. The summed E-state index contributed by atoms with van der Waals surface area (Å²) >= 11 is 0. The maximum atomic E-state index is 14.3. The third kappa shape index (κ3) is 8.67. The highest BCUT2D eigenvalue weighted by molar-refractivity contribution is 7.52. The van der Waals surface area contributed by atoms with Crippen molar-refractivity contribution in [3.63, 3.8) is 0 Å². The number of nitrogens with zero attached hydrogens (tertiary/aromatic N) is 2. The maximum Gasteiger partial charge on any atom is 0.509 e. The fraction of sp³-hybridized carbons (Fsp3) is 0.552. The zero-order valence-corrected chi connectivity index (χ0v) is 27.6. The molecule has 2 saturated heterocycles. The van der Waals surface area contributed by atoms with Crippen molar-refractivity contribution in [1.29, 1.82) is 0 Å². The molecular weight excluding hydrogens is 643 g/mol. The molecule has 1 aromatic carbocycles. The molecule has 3 N–H and O–H groups in total. The molecule has 0 spiro atoms. The molecule has 18 heteroatoms. The van der Waals surface area contributed by atoms with Crippen molar-refractivity contribution in [2.75, 3.05) is 12.1 Å². The molecule has 2 aliphatic heterocycles. The number of anilines is 1. The molecule has 1 unspecified atom stereocenters. The molecule has 258 valence electrons. The number of hydrogen-bond donors (Lipinski definition) is 3. The molecule has 2 aromatic rings. The van der Waals surface area contributed by atoms with Gasteiger partial charge in [0.15, 0.2) is 23.8 Å². The van der Waals surface area contributed by atoms with Crippen LogP contribution in [0.3, 0.4) is 0 Å². The summed E-state index contributed by atoms with van der Waals surface area (Å²) in [6.07, 6.45) is -3.88. The van der Waals surface area contributed by atoms with Crippen molar-refractivity contribution < 1.29 is 56.9 Å². The standard InChI is InChI=1S/C29H39N4O13P/c1-16(2)41-23(34)12-11-19-9-7-8-10-20(19)46-47(39,32-18(5)25(35)42-17(3)4)40-15-21-24-29(6,45-28(37)44-24)26(43-21)33-14-13-22(31-38)30-27(33)36/h7-10,13-14,16-18,21,24,26,38H,11-12,15H2,1-6H3,(H,32,39)(H,30,31,36)/t18-,21+,24+,26+,29+,47?/m0/s1. The molecule has 0 saturated carbocycles. The van der Waals surface area contributed by atoms with Crippen LogP contribution in [-0.4, -0.2) is 75.5 Å². The number of fused-ring (bicyclic) bond motifs is 1. The Labute approximate surface area is 270 Å². The number of rotatable bonds is 15. The van der Waals surface area contributed by atoms with Crippen LogP contribution in [0.2, 0.25) is 0 Å². The molecule has 0 radical (unpaired) electrons. The smallest absolute Gasteiger partial charge is 0.463 e. The van der Waals surface area contributed by atoms with Crippen molar-refractivity contribution in [2.24, 2.45) is 0 Å². The van der Waals surface area contributed by atoms with E-state index in [0.29, 0.717) is 5.56 Å². The van der Waals surface area contributed by atoms with E-state index in [1.165, 1.54) is 32.2 Å². The molecule has 2 aliphatic rings. The lowest BCUT2D eigenvalue weighted by molar-refractivity contribution is -0.149. The minimum atomic E-state index is -4.47. The lowest BCUT2D eigenvalue weighted by Gasteiger charge is -2.26. The summed E-state index contributed by atoms with van der Waals surface area (Å²) in [5.74, 6) is -1.19. The van der Waals surface area contributed by atoms with Crippen LogP contribution in [0, 0.1) is 0 Å². The number of aromatic nitrogens is 2. The van der Waals surface area contributed by atoms with E-state index in [1.54, 1.807) is 51.4 Å². The van der Waals surface area contributed by atoms with E-state index >= 15 is 0 Å². The van der Waals surface area contributed by atoms with Crippen LogP contribution in [0.4, 0.5) is 10.6 Å². The molecule has 0 aliphatic carbocycles. The van der Waals surface area contributed by atoms with Crippen molar-refractivity contribution in [3.8, 4) is 5.75 Å². The van der Waals surface area contributed by atoms with Gasteiger partial charge >= 0.3 is 31.5 Å². The first kappa shape index (κ1) is 35.8. The maximum absolute atomic E-state index is 14.3. The first-order chi connectivity index (χ1) is 22.1. The predicted octanol–water partition coefficient (Wildman–Crippen LogP) is 3.25. The first-order valence-electron chi connectivity index (χ1n) is 14.9. The number of carbonyl (C=O) groups excluding carboxylic acids is 3. The van der Waals surface area contributed by atoms with E-state index in [0.717, 1.165) is 4.57 Å². The van der Waals surface area contributed by atoms with Gasteiger partial charge in [0.25, 0.3) is 0 Å². The summed E-state index contributed by atoms with van der Waals surface area (Å²) in [6, 6.07) is 6.64. The fourth-order valence-corrected chi connectivity index (χ4v) is 6.53. The zero-order valence-electron chi connectivity index (χ0n) is 26.7. The number of para-hydroxylation sites is 1. The Balaban J connectivity index is 1.59. The number of esters is 2. The van der Waals surface area contributed by atoms with Crippen LogP contribution in [0.5, 0.6) is 5.75 Å². The SMILES string of the molecule is CC(C)OC(=O)CCc1ccccc1OP(=O)(N[C@@H](C)C(=O)OC(C)C)OC[C@H]1O[C@@H](n2ccc(NO)nc2=O)[C@]2(C)OC(=O)O[C@H]12. The quantitative estimate of drug-likeness (QED) is 0.106. The van der Waals surface area contributed by atoms with Crippen LogP contribution in [0.15, 0.2) is 41.3 Å². The molecular formula is C29H39N4O13P. The Morgan fingerprint density at radius 1 is 1.11 bits per heavy atom. The molecule has 4 rings (SSSR count). The van der Waals surface area contributed by atoms with E-state index in [1.807, 2.05) is 0 Å². The Morgan fingerprint density at radius 2 is 1.81 bits per heavy atom. The second-order valence-corrected chi connectivity index (χ2v) is 13.3. The van der Waals surface area contributed by atoms with Crippen molar-refractivity contribution in [3.05, 3.63) is 52.6 Å². The molecule has 47 heavy (non-hydrogen) atoms. The summed E-state index contributed by atoms with van der Waals surface area (Å²) < 4.78 is 54.4. The van der Waals surface area contributed by atoms with E-state index in [-0.39, 0.29) is 30.5 Å². The topological polar surface area (TPSA) is 212 Å². The Morgan fingerprint density at radius 3 is 2.47 bits per heavy atom. The van der Waals surface area contributed by atoms with Crippen molar-refractivity contribution in [2.45, 2.75) is 96.7 Å². The number of aryl methyl sites for hydroxylation is 1. The summed E-state index contributed by atoms with van der Waals surface area (Å²) in [5.41, 5.74) is -0.118. The normalized spacial score (nSPS) is 23.8. The number of nitrogens with one attached hydrogen (secondary N) is 2. The van der Waals surface area contributed by atoms with Gasteiger partial charge in [-0.1, -0.05) is 18.2 Å². The molecule has 17 nitrogen and oxygen atoms in total. The number of benzene rings is 1. The summed E-state index contributed by atoms with van der Waals surface area (Å²) in [6.45, 7) is 9.13. The first-order valence-corrected chi connectivity index (χ1v) is 16.4. The van der Waals surface area contributed by atoms with Crippen molar-refractivity contribution in [1.82, 2.24) is 14.6 Å². The van der Waals surface area contributed by atoms with Gasteiger partial charge in [0.05, 0.1) is 18.8 Å². The highest BCUT2D eigenvalue weighted by atomic mass is 31.2. The molecule has 0 amide bonds. The molecule has 0 bridgehead atoms. The zero-order chi connectivity index (χ0) is 34.5. The predicted molar refractivity (Wildman–Crippen MR) is 162 cm³/mol. The Kier molecular flexibility index (Phi) is 11.3. The third-order valence-corrected chi connectivity index (χ3v) is 8.67. The molecule has 1 aromatic heterocycles. The average molecular weight is 683 g/mol. The van der Waals surface area contributed by atoms with E-state index in [9.17, 15) is 23.7 Å². The fourth-order valence-electron chi connectivity index (χ4n) is 4.99. The van der Waals surface area contributed by atoms with E-state index < -0.39 is 74.3 Å².